The van der Waals surface area contributed by atoms with Crippen LogP contribution in [0.4, 0.5) is 10.8 Å². The van der Waals surface area contributed by atoms with Crippen LogP contribution in [0.15, 0.2) is 36.4 Å². The summed E-state index contributed by atoms with van der Waals surface area (Å²) in [6.45, 7) is 5.89. The van der Waals surface area contributed by atoms with Gasteiger partial charge in [0.1, 0.15) is 0 Å². The molecular formula is C23H27N3O4S. The van der Waals surface area contributed by atoms with E-state index in [1.165, 1.54) is 0 Å². The summed E-state index contributed by atoms with van der Waals surface area (Å²) in [5.74, 6) is 1.00. The summed E-state index contributed by atoms with van der Waals surface area (Å²) in [5.41, 5.74) is 2.18. The number of carbonyl (C=O) groups excluding carboxylic acids is 1. The molecule has 4 rings (SSSR count). The summed E-state index contributed by atoms with van der Waals surface area (Å²) in [5, 5.41) is 3.96. The number of aromatic nitrogens is 1. The zero-order valence-electron chi connectivity index (χ0n) is 17.8. The number of hydrogen-bond donors (Lipinski definition) is 1. The van der Waals surface area contributed by atoms with Crippen molar-refractivity contribution >= 4 is 38.3 Å². The van der Waals surface area contributed by atoms with Crippen LogP contribution in [-0.4, -0.2) is 50.9 Å². The number of benzene rings is 2. The van der Waals surface area contributed by atoms with Crippen LogP contribution in [0.3, 0.4) is 0 Å². The van der Waals surface area contributed by atoms with Crippen LogP contribution in [0.1, 0.15) is 30.1 Å². The average molecular weight is 442 g/mol. The van der Waals surface area contributed by atoms with Gasteiger partial charge in [-0.15, -0.1) is 0 Å². The lowest BCUT2D eigenvalue weighted by Gasteiger charge is -2.25. The molecule has 8 heteroatoms. The van der Waals surface area contributed by atoms with E-state index >= 15 is 0 Å². The summed E-state index contributed by atoms with van der Waals surface area (Å²) in [6.07, 6.45) is 2.03. The Bertz CT molecular complexity index is 1050. The molecule has 1 fully saturated rings. The van der Waals surface area contributed by atoms with Crippen LogP contribution in [-0.2, 0) is 4.74 Å². The number of nitrogens with one attached hydrogen (secondary N) is 1. The van der Waals surface area contributed by atoms with Crippen molar-refractivity contribution in [2.75, 3.05) is 50.2 Å². The molecule has 0 atom stereocenters. The van der Waals surface area contributed by atoms with Gasteiger partial charge in [0.15, 0.2) is 16.6 Å². The Morgan fingerprint density at radius 3 is 2.81 bits per heavy atom. The zero-order valence-corrected chi connectivity index (χ0v) is 18.7. The van der Waals surface area contributed by atoms with Crippen LogP contribution < -0.4 is 19.7 Å². The highest BCUT2D eigenvalue weighted by Crippen LogP contribution is 2.32. The molecule has 1 aliphatic rings. The maximum absolute atomic E-state index is 12.8. The molecule has 1 saturated heterocycles. The Hall–Kier alpha value is -2.84. The highest BCUT2D eigenvalue weighted by atomic mass is 32.1. The first-order valence-corrected chi connectivity index (χ1v) is 11.3. The van der Waals surface area contributed by atoms with E-state index in [4.69, 9.17) is 19.2 Å². The Morgan fingerprint density at radius 2 is 2.03 bits per heavy atom. The van der Waals surface area contributed by atoms with Gasteiger partial charge in [-0.2, -0.15) is 0 Å². The molecule has 7 nitrogen and oxygen atoms in total. The summed E-state index contributed by atoms with van der Waals surface area (Å²) in [6, 6.07) is 11.0. The number of amides is 1. The molecule has 0 bridgehead atoms. The standard InChI is InChI=1S/C23H27N3O4S/c1-3-4-11-30-19-8-5-16(14-20(19)28-2)22(27)24-17-6-7-18-21(15-17)31-23(25-18)26-9-12-29-13-10-26/h5-8,14-15H,3-4,9-13H2,1-2H3,(H,24,27). The molecule has 31 heavy (non-hydrogen) atoms. The van der Waals surface area contributed by atoms with Crippen molar-refractivity contribution in [1.82, 2.24) is 4.98 Å². The molecule has 164 valence electrons. The lowest BCUT2D eigenvalue weighted by Crippen LogP contribution is -2.36. The van der Waals surface area contributed by atoms with Crippen molar-refractivity contribution in [1.29, 1.82) is 0 Å². The maximum atomic E-state index is 12.8. The second-order valence-corrected chi connectivity index (χ2v) is 8.31. The molecule has 0 radical (unpaired) electrons. The minimum atomic E-state index is -0.198. The van der Waals surface area contributed by atoms with Crippen molar-refractivity contribution in [3.63, 3.8) is 0 Å². The van der Waals surface area contributed by atoms with Gasteiger partial charge < -0.3 is 24.4 Å². The summed E-state index contributed by atoms with van der Waals surface area (Å²) >= 11 is 1.63. The third kappa shape index (κ3) is 5.08. The number of carbonyl (C=O) groups is 1. The highest BCUT2D eigenvalue weighted by molar-refractivity contribution is 7.22. The predicted octanol–water partition coefficient (Wildman–Crippen LogP) is 4.57. The van der Waals surface area contributed by atoms with Crippen LogP contribution in [0, 0.1) is 0 Å². The average Bonchev–Trinajstić information content (AvgIpc) is 3.23. The normalized spacial score (nSPS) is 13.9. The fraction of sp³-hybridized carbons (Fsp3) is 0.391. The molecule has 0 saturated carbocycles. The number of morpholine rings is 1. The van der Waals surface area contributed by atoms with Gasteiger partial charge >= 0.3 is 0 Å². The minimum absolute atomic E-state index is 0.198. The van der Waals surface area contributed by atoms with Crippen LogP contribution in [0.5, 0.6) is 11.5 Å². The zero-order chi connectivity index (χ0) is 21.6. The summed E-state index contributed by atoms with van der Waals surface area (Å²) < 4.78 is 17.6. The number of fused-ring (bicyclic) bond motifs is 1. The predicted molar refractivity (Wildman–Crippen MR) is 124 cm³/mol. The van der Waals surface area contributed by atoms with Crippen LogP contribution in [0.25, 0.3) is 10.2 Å². The van der Waals surface area contributed by atoms with E-state index in [9.17, 15) is 4.79 Å². The first kappa shape index (κ1) is 21.4. The number of rotatable bonds is 8. The van der Waals surface area contributed by atoms with E-state index in [1.807, 2.05) is 18.2 Å². The minimum Gasteiger partial charge on any atom is -0.493 e. The first-order chi connectivity index (χ1) is 15.2. The third-order valence-corrected chi connectivity index (χ3v) is 6.18. The molecule has 2 heterocycles. The number of hydrogen-bond acceptors (Lipinski definition) is 7. The molecule has 1 aliphatic heterocycles. The van der Waals surface area contributed by atoms with Crippen LogP contribution >= 0.6 is 11.3 Å². The monoisotopic (exact) mass is 441 g/mol. The Kier molecular flexibility index (Phi) is 6.89. The van der Waals surface area contributed by atoms with E-state index in [-0.39, 0.29) is 5.91 Å². The molecule has 1 amide bonds. The van der Waals surface area contributed by atoms with E-state index in [1.54, 1.807) is 36.6 Å². The number of anilines is 2. The Balaban J connectivity index is 1.47. The Morgan fingerprint density at radius 1 is 1.19 bits per heavy atom. The van der Waals surface area contributed by atoms with E-state index in [0.29, 0.717) is 23.7 Å². The topological polar surface area (TPSA) is 72.9 Å². The first-order valence-electron chi connectivity index (χ1n) is 10.5. The van der Waals surface area contributed by atoms with Gasteiger partial charge in [0, 0.05) is 24.3 Å². The van der Waals surface area contributed by atoms with E-state index in [0.717, 1.165) is 60.2 Å². The highest BCUT2D eigenvalue weighted by Gasteiger charge is 2.16. The largest absolute Gasteiger partial charge is 0.493 e. The van der Waals surface area contributed by atoms with Crippen molar-refractivity contribution in [3.8, 4) is 11.5 Å². The van der Waals surface area contributed by atoms with Gasteiger partial charge in [-0.1, -0.05) is 24.7 Å². The summed E-state index contributed by atoms with van der Waals surface area (Å²) in [4.78, 5) is 19.8. The molecule has 3 aromatic rings. The fourth-order valence-corrected chi connectivity index (χ4v) is 4.39. The lowest BCUT2D eigenvalue weighted by molar-refractivity contribution is 0.102. The molecule has 0 aliphatic carbocycles. The lowest BCUT2D eigenvalue weighted by atomic mass is 10.1. The Labute approximate surface area is 185 Å². The van der Waals surface area contributed by atoms with Gasteiger partial charge in [0.25, 0.3) is 5.91 Å². The number of methoxy groups -OCH3 is 1. The third-order valence-electron chi connectivity index (χ3n) is 5.10. The quantitative estimate of drug-likeness (QED) is 0.516. The second-order valence-electron chi connectivity index (χ2n) is 7.30. The fourth-order valence-electron chi connectivity index (χ4n) is 3.34. The summed E-state index contributed by atoms with van der Waals surface area (Å²) in [7, 11) is 1.58. The van der Waals surface area contributed by atoms with E-state index in [2.05, 4.69) is 17.1 Å². The molecule has 0 unspecified atom stereocenters. The SMILES string of the molecule is CCCCOc1ccc(C(=O)Nc2ccc3nc(N4CCOCC4)sc3c2)cc1OC. The molecular weight excluding hydrogens is 414 g/mol. The number of unbranched alkanes of at least 4 members (excludes halogenated alkanes) is 1. The van der Waals surface area contributed by atoms with Crippen LogP contribution in [0.2, 0.25) is 0 Å². The maximum Gasteiger partial charge on any atom is 0.255 e. The molecule has 0 spiro atoms. The van der Waals surface area contributed by atoms with Crippen molar-refractivity contribution in [3.05, 3.63) is 42.0 Å². The number of thiazole rings is 1. The molecule has 1 N–H and O–H groups in total. The van der Waals surface area contributed by atoms with Gasteiger partial charge in [-0.05, 0) is 42.8 Å². The van der Waals surface area contributed by atoms with E-state index < -0.39 is 0 Å². The molecule has 2 aromatic carbocycles. The number of nitrogens with zero attached hydrogens (tertiary/aromatic N) is 2. The van der Waals surface area contributed by atoms with Gasteiger partial charge in [-0.3, -0.25) is 4.79 Å². The smallest absolute Gasteiger partial charge is 0.255 e. The number of ether oxygens (including phenoxy) is 3. The van der Waals surface area contributed by atoms with Gasteiger partial charge in [0.05, 0.1) is 37.1 Å². The van der Waals surface area contributed by atoms with Gasteiger partial charge in [0.2, 0.25) is 0 Å². The van der Waals surface area contributed by atoms with Crippen molar-refractivity contribution < 1.29 is 19.0 Å². The van der Waals surface area contributed by atoms with Crippen molar-refractivity contribution in [2.24, 2.45) is 0 Å². The second kappa shape index (κ2) is 9.98. The molecule has 1 aromatic heterocycles. The van der Waals surface area contributed by atoms with Crippen molar-refractivity contribution in [2.45, 2.75) is 19.8 Å². The van der Waals surface area contributed by atoms with Gasteiger partial charge in [-0.25, -0.2) is 4.98 Å².